The molecule has 32 heavy (non-hydrogen) atoms. The molecule has 0 aliphatic heterocycles. The van der Waals surface area contributed by atoms with Crippen LogP contribution in [0.25, 0.3) is 10.8 Å². The number of ether oxygens (including phenoxy) is 1. The van der Waals surface area contributed by atoms with Crippen molar-refractivity contribution in [2.75, 3.05) is 0 Å². The Morgan fingerprint density at radius 1 is 0.719 bits per heavy atom. The van der Waals surface area contributed by atoms with Crippen molar-refractivity contribution in [1.29, 1.82) is 0 Å². The lowest BCUT2D eigenvalue weighted by Gasteiger charge is -2.29. The second-order valence-corrected chi connectivity index (χ2v) is 9.16. The van der Waals surface area contributed by atoms with Gasteiger partial charge in [0.25, 0.3) is 0 Å². The number of benzene rings is 3. The summed E-state index contributed by atoms with van der Waals surface area (Å²) in [7, 11) is 0. The zero-order valence-electron chi connectivity index (χ0n) is 18.6. The highest BCUT2D eigenvalue weighted by Crippen LogP contribution is 2.31. The van der Waals surface area contributed by atoms with Crippen LogP contribution in [-0.2, 0) is 12.8 Å². The van der Waals surface area contributed by atoms with Crippen LogP contribution in [0.5, 0.6) is 5.75 Å². The molecule has 0 spiro atoms. The van der Waals surface area contributed by atoms with Gasteiger partial charge in [-0.2, -0.15) is 0 Å². The molecule has 2 heteroatoms. The van der Waals surface area contributed by atoms with Crippen LogP contribution in [0.3, 0.4) is 0 Å². The average Bonchev–Trinajstić information content (AvgIpc) is 2.85. The number of aromatic nitrogens is 1. The molecule has 1 aromatic heterocycles. The minimum Gasteiger partial charge on any atom is -0.490 e. The molecule has 0 amide bonds. The van der Waals surface area contributed by atoms with Gasteiger partial charge in [-0.15, -0.1) is 0 Å². The maximum atomic E-state index is 6.32. The molecule has 1 saturated carbocycles. The first-order valence-corrected chi connectivity index (χ1v) is 11.9. The third-order valence-electron chi connectivity index (χ3n) is 6.82. The van der Waals surface area contributed by atoms with E-state index >= 15 is 0 Å². The van der Waals surface area contributed by atoms with Crippen molar-refractivity contribution in [3.8, 4) is 5.75 Å². The van der Waals surface area contributed by atoms with Crippen LogP contribution in [0.1, 0.15) is 48.8 Å². The van der Waals surface area contributed by atoms with Gasteiger partial charge >= 0.3 is 0 Å². The number of fused-ring (bicyclic) bond motifs is 1. The third kappa shape index (κ3) is 5.37. The zero-order chi connectivity index (χ0) is 21.6. The first-order valence-electron chi connectivity index (χ1n) is 11.9. The van der Waals surface area contributed by atoms with E-state index in [1.54, 1.807) is 0 Å². The summed E-state index contributed by atoms with van der Waals surface area (Å²) >= 11 is 0. The second-order valence-electron chi connectivity index (χ2n) is 9.16. The van der Waals surface area contributed by atoms with Gasteiger partial charge in [-0.3, -0.25) is 4.98 Å². The molecule has 4 aromatic rings. The van der Waals surface area contributed by atoms with Gasteiger partial charge < -0.3 is 4.74 Å². The highest BCUT2D eigenvalue weighted by molar-refractivity contribution is 5.82. The number of nitrogens with zero attached hydrogens (tertiary/aromatic N) is 1. The van der Waals surface area contributed by atoms with E-state index in [1.807, 2.05) is 18.5 Å². The van der Waals surface area contributed by atoms with Crippen molar-refractivity contribution in [2.45, 2.75) is 51.0 Å². The predicted octanol–water partition coefficient (Wildman–Crippen LogP) is 7.40. The summed E-state index contributed by atoms with van der Waals surface area (Å²) in [4.78, 5) is 4.19. The number of rotatable bonds is 7. The van der Waals surface area contributed by atoms with Gasteiger partial charge in [0.1, 0.15) is 5.75 Å². The Balaban J connectivity index is 1.07. The van der Waals surface area contributed by atoms with Gasteiger partial charge in [-0.1, -0.05) is 54.6 Å². The van der Waals surface area contributed by atoms with Gasteiger partial charge in [-0.25, -0.2) is 0 Å². The molecule has 0 bridgehead atoms. The zero-order valence-corrected chi connectivity index (χ0v) is 18.6. The Kier molecular flexibility index (Phi) is 6.48. The first kappa shape index (κ1) is 20.8. The fourth-order valence-electron chi connectivity index (χ4n) is 4.89. The van der Waals surface area contributed by atoms with Crippen molar-refractivity contribution in [1.82, 2.24) is 4.98 Å². The van der Waals surface area contributed by atoms with Crippen molar-refractivity contribution in [3.63, 3.8) is 0 Å². The highest BCUT2D eigenvalue weighted by atomic mass is 16.5. The normalized spacial score (nSPS) is 18.5. The second kappa shape index (κ2) is 9.99. The summed E-state index contributed by atoms with van der Waals surface area (Å²) in [5, 5.41) is 2.36. The van der Waals surface area contributed by atoms with Gasteiger partial charge in [0, 0.05) is 17.8 Å². The molecule has 1 fully saturated rings. The van der Waals surface area contributed by atoms with E-state index < -0.39 is 0 Å². The lowest BCUT2D eigenvalue weighted by molar-refractivity contribution is 0.129. The molecule has 0 radical (unpaired) electrons. The Labute approximate surface area is 191 Å². The number of aryl methyl sites for hydroxylation is 1. The molecule has 3 aromatic carbocycles. The minimum absolute atomic E-state index is 0.350. The highest BCUT2D eigenvalue weighted by Gasteiger charge is 2.22. The standard InChI is InChI=1S/C30H31NO/c1-2-4-25(5-3-1)20-26-10-8-23(9-11-26)6-7-24-12-15-29(16-13-24)32-30-17-14-28-22-31-19-18-27(28)21-30/h1-5,8-11,14,17-19,21-22,24,29H,6-7,12-13,15-16,20H2. The largest absolute Gasteiger partial charge is 0.490 e. The molecule has 0 unspecified atom stereocenters. The molecule has 162 valence electrons. The predicted molar refractivity (Wildman–Crippen MR) is 132 cm³/mol. The minimum atomic E-state index is 0.350. The molecule has 0 atom stereocenters. The Morgan fingerprint density at radius 2 is 1.47 bits per heavy atom. The Bertz CT molecular complexity index is 1130. The smallest absolute Gasteiger partial charge is 0.120 e. The summed E-state index contributed by atoms with van der Waals surface area (Å²) in [6.45, 7) is 0. The van der Waals surface area contributed by atoms with E-state index in [0.29, 0.717) is 6.10 Å². The topological polar surface area (TPSA) is 22.1 Å². The van der Waals surface area contributed by atoms with E-state index in [2.05, 4.69) is 77.8 Å². The van der Waals surface area contributed by atoms with Crippen LogP contribution in [0.2, 0.25) is 0 Å². The molecular formula is C30H31NO. The van der Waals surface area contributed by atoms with Gasteiger partial charge in [0.2, 0.25) is 0 Å². The quantitative estimate of drug-likeness (QED) is 0.310. The monoisotopic (exact) mass is 421 g/mol. The summed E-state index contributed by atoms with van der Waals surface area (Å²) in [5.74, 6) is 1.81. The lowest BCUT2D eigenvalue weighted by Crippen LogP contribution is -2.24. The van der Waals surface area contributed by atoms with Crippen LogP contribution in [0.4, 0.5) is 0 Å². The Morgan fingerprint density at radius 3 is 2.28 bits per heavy atom. The van der Waals surface area contributed by atoms with E-state index in [1.165, 1.54) is 47.8 Å². The summed E-state index contributed by atoms with van der Waals surface area (Å²) in [5.41, 5.74) is 4.23. The maximum Gasteiger partial charge on any atom is 0.120 e. The van der Waals surface area contributed by atoms with Gasteiger partial charge in [-0.05, 0) is 97.2 Å². The molecule has 2 nitrogen and oxygen atoms in total. The van der Waals surface area contributed by atoms with Crippen LogP contribution >= 0.6 is 0 Å². The molecule has 1 heterocycles. The number of hydrogen-bond donors (Lipinski definition) is 0. The van der Waals surface area contributed by atoms with Gasteiger partial charge in [0.15, 0.2) is 0 Å². The van der Waals surface area contributed by atoms with Crippen LogP contribution in [0, 0.1) is 5.92 Å². The van der Waals surface area contributed by atoms with Gasteiger partial charge in [0.05, 0.1) is 6.10 Å². The average molecular weight is 422 g/mol. The number of hydrogen-bond acceptors (Lipinski definition) is 2. The maximum absolute atomic E-state index is 6.32. The molecule has 0 N–H and O–H groups in total. The van der Waals surface area contributed by atoms with Crippen LogP contribution < -0.4 is 4.74 Å². The molecule has 1 aliphatic rings. The van der Waals surface area contributed by atoms with Crippen molar-refractivity contribution in [3.05, 3.63) is 108 Å². The molecular weight excluding hydrogens is 390 g/mol. The van der Waals surface area contributed by atoms with Crippen molar-refractivity contribution in [2.24, 2.45) is 5.92 Å². The summed E-state index contributed by atoms with van der Waals surface area (Å²) in [6.07, 6.45) is 12.4. The van der Waals surface area contributed by atoms with E-state index in [0.717, 1.165) is 36.3 Å². The van der Waals surface area contributed by atoms with Crippen LogP contribution in [-0.4, -0.2) is 11.1 Å². The summed E-state index contributed by atoms with van der Waals surface area (Å²) < 4.78 is 6.32. The molecule has 0 saturated heterocycles. The molecule has 5 rings (SSSR count). The van der Waals surface area contributed by atoms with Crippen molar-refractivity contribution >= 4 is 10.8 Å². The fourth-order valence-corrected chi connectivity index (χ4v) is 4.89. The third-order valence-corrected chi connectivity index (χ3v) is 6.82. The number of pyridine rings is 1. The lowest BCUT2D eigenvalue weighted by atomic mass is 9.83. The van der Waals surface area contributed by atoms with E-state index in [9.17, 15) is 0 Å². The summed E-state index contributed by atoms with van der Waals surface area (Å²) in [6, 6.07) is 28.3. The fraction of sp³-hybridized carbons (Fsp3) is 0.300. The molecule has 1 aliphatic carbocycles. The first-order chi connectivity index (χ1) is 15.8. The van der Waals surface area contributed by atoms with Crippen LogP contribution in [0.15, 0.2) is 91.3 Å². The van der Waals surface area contributed by atoms with Crippen molar-refractivity contribution < 1.29 is 4.74 Å². The Hall–Kier alpha value is -3.13. The van der Waals surface area contributed by atoms with E-state index in [4.69, 9.17) is 4.74 Å². The SMILES string of the molecule is c1ccc(Cc2ccc(CCC3CCC(Oc4ccc5cnccc5c4)CC3)cc2)cc1. The van der Waals surface area contributed by atoms with E-state index in [-0.39, 0.29) is 0 Å².